The molecule has 0 radical (unpaired) electrons. The summed E-state index contributed by atoms with van der Waals surface area (Å²) in [6, 6.07) is 16.0. The Labute approximate surface area is 136 Å². The highest BCUT2D eigenvalue weighted by Gasteiger charge is 2.22. The van der Waals surface area contributed by atoms with Crippen LogP contribution in [-0.4, -0.2) is 14.5 Å². The van der Waals surface area contributed by atoms with Crippen LogP contribution in [0.15, 0.2) is 60.0 Å². The first-order valence-corrected chi connectivity index (χ1v) is 8.82. The first kappa shape index (κ1) is 16.6. The summed E-state index contributed by atoms with van der Waals surface area (Å²) in [4.78, 5) is 0. The van der Waals surface area contributed by atoms with Gasteiger partial charge >= 0.3 is 0 Å². The molecule has 116 valence electrons. The normalized spacial score (nSPS) is 12.0. The zero-order valence-corrected chi connectivity index (χ0v) is 14.1. The zero-order valence-electron chi connectivity index (χ0n) is 12.5. The molecule has 2 aromatic rings. The highest BCUT2D eigenvalue weighted by molar-refractivity contribution is 7.95. The average molecular weight is 336 g/mol. The first-order chi connectivity index (χ1) is 10.4. The van der Waals surface area contributed by atoms with Crippen molar-refractivity contribution >= 4 is 33.4 Å². The number of nitrogens with zero attached hydrogens (tertiary/aromatic N) is 1. The second-order valence-electron chi connectivity index (χ2n) is 5.09. The van der Waals surface area contributed by atoms with Crippen molar-refractivity contribution in [1.82, 2.24) is 0 Å². The summed E-state index contributed by atoms with van der Waals surface area (Å²) >= 11 is 6.05. The molecule has 0 aromatic heterocycles. The third-order valence-corrected chi connectivity index (χ3v) is 5.08. The van der Waals surface area contributed by atoms with Crippen LogP contribution in [0, 0.1) is 0 Å². The van der Waals surface area contributed by atoms with Crippen molar-refractivity contribution in [2.24, 2.45) is 0 Å². The monoisotopic (exact) mass is 335 g/mol. The van der Waals surface area contributed by atoms with E-state index in [1.165, 1.54) is 15.8 Å². The second-order valence-corrected chi connectivity index (χ2v) is 7.20. The van der Waals surface area contributed by atoms with Crippen LogP contribution in [-0.2, 0) is 10.0 Å². The minimum absolute atomic E-state index is 0.191. The average Bonchev–Trinajstić information content (AvgIpc) is 2.47. The molecule has 22 heavy (non-hydrogen) atoms. The molecule has 5 heteroatoms. The molecule has 0 aliphatic rings. The molecule has 0 fully saturated rings. The van der Waals surface area contributed by atoms with Gasteiger partial charge in [0.25, 0.3) is 10.0 Å². The number of rotatable bonds is 5. The highest BCUT2D eigenvalue weighted by atomic mass is 35.5. The Balaban J connectivity index is 2.37. The van der Waals surface area contributed by atoms with Crippen LogP contribution < -0.4 is 4.31 Å². The zero-order chi connectivity index (χ0) is 16.2. The number of anilines is 1. The van der Waals surface area contributed by atoms with Gasteiger partial charge < -0.3 is 0 Å². The maximum atomic E-state index is 12.7. The molecule has 0 atom stereocenters. The summed E-state index contributed by atoms with van der Waals surface area (Å²) in [5.41, 5.74) is 1.31. The Morgan fingerprint density at radius 3 is 2.18 bits per heavy atom. The summed E-state index contributed by atoms with van der Waals surface area (Å²) in [5, 5.41) is 1.71. The van der Waals surface area contributed by atoms with Gasteiger partial charge in [0, 0.05) is 11.1 Å². The van der Waals surface area contributed by atoms with E-state index in [1.807, 2.05) is 38.1 Å². The molecular weight excluding hydrogens is 318 g/mol. The lowest BCUT2D eigenvalue weighted by Gasteiger charge is -2.26. The molecule has 0 saturated heterocycles. The number of benzene rings is 2. The van der Waals surface area contributed by atoms with E-state index in [0.717, 1.165) is 0 Å². The molecular formula is C17H18ClNO2S. The lowest BCUT2D eigenvalue weighted by Crippen LogP contribution is -2.35. The van der Waals surface area contributed by atoms with Crippen LogP contribution >= 0.6 is 11.6 Å². The van der Waals surface area contributed by atoms with Gasteiger partial charge in [-0.05, 0) is 43.7 Å². The molecule has 0 amide bonds. The fraction of sp³-hybridized carbons (Fsp3) is 0.176. The van der Waals surface area contributed by atoms with E-state index in [1.54, 1.807) is 30.3 Å². The summed E-state index contributed by atoms with van der Waals surface area (Å²) in [6.07, 6.45) is 1.52. The third-order valence-electron chi connectivity index (χ3n) is 3.08. The minimum Gasteiger partial charge on any atom is -0.264 e. The van der Waals surface area contributed by atoms with Gasteiger partial charge in [-0.3, -0.25) is 4.31 Å². The summed E-state index contributed by atoms with van der Waals surface area (Å²) in [6.45, 7) is 3.68. The highest BCUT2D eigenvalue weighted by Crippen LogP contribution is 2.23. The maximum Gasteiger partial charge on any atom is 0.257 e. The fourth-order valence-electron chi connectivity index (χ4n) is 2.15. The Morgan fingerprint density at radius 2 is 1.59 bits per heavy atom. The van der Waals surface area contributed by atoms with Crippen molar-refractivity contribution < 1.29 is 8.42 Å². The van der Waals surface area contributed by atoms with Crippen molar-refractivity contribution in [1.29, 1.82) is 0 Å². The van der Waals surface area contributed by atoms with E-state index in [2.05, 4.69) is 0 Å². The van der Waals surface area contributed by atoms with Gasteiger partial charge in [0.1, 0.15) is 0 Å². The van der Waals surface area contributed by atoms with Gasteiger partial charge in [0.2, 0.25) is 0 Å². The molecule has 0 heterocycles. The lowest BCUT2D eigenvalue weighted by atomic mass is 10.2. The standard InChI is InChI=1S/C17H18ClNO2S/c1-14(2)19(16-9-4-3-5-10-16)22(20,21)13-12-15-8-6-7-11-17(15)18/h3-14H,1-2H3/b13-12+. The van der Waals surface area contributed by atoms with Crippen LogP contribution in [0.4, 0.5) is 5.69 Å². The SMILES string of the molecule is CC(C)N(c1ccccc1)S(=O)(=O)/C=C/c1ccccc1Cl. The van der Waals surface area contributed by atoms with Crippen molar-refractivity contribution in [3.05, 3.63) is 70.6 Å². The topological polar surface area (TPSA) is 37.4 Å². The Morgan fingerprint density at radius 1 is 1.00 bits per heavy atom. The van der Waals surface area contributed by atoms with Gasteiger partial charge in [0.15, 0.2) is 0 Å². The van der Waals surface area contributed by atoms with Crippen LogP contribution in [0.25, 0.3) is 6.08 Å². The summed E-state index contributed by atoms with van der Waals surface area (Å²) in [5.74, 6) is 0. The number of hydrogen-bond acceptors (Lipinski definition) is 2. The number of hydrogen-bond donors (Lipinski definition) is 0. The van der Waals surface area contributed by atoms with E-state index in [4.69, 9.17) is 11.6 Å². The number of para-hydroxylation sites is 1. The van der Waals surface area contributed by atoms with E-state index in [9.17, 15) is 8.42 Å². The van der Waals surface area contributed by atoms with Gasteiger partial charge in [0.05, 0.1) is 11.1 Å². The lowest BCUT2D eigenvalue weighted by molar-refractivity contribution is 0.593. The molecule has 0 aliphatic heterocycles. The Hall–Kier alpha value is -1.78. The molecule has 0 bridgehead atoms. The molecule has 2 rings (SSSR count). The first-order valence-electron chi connectivity index (χ1n) is 6.94. The van der Waals surface area contributed by atoms with E-state index < -0.39 is 10.0 Å². The predicted molar refractivity (Wildman–Crippen MR) is 93.5 cm³/mol. The van der Waals surface area contributed by atoms with Gasteiger partial charge in [-0.1, -0.05) is 48.0 Å². The van der Waals surface area contributed by atoms with Crippen molar-refractivity contribution in [2.75, 3.05) is 4.31 Å². The Bertz CT molecular complexity index is 755. The fourth-order valence-corrected chi connectivity index (χ4v) is 3.80. The molecule has 0 spiro atoms. The van der Waals surface area contributed by atoms with Crippen molar-refractivity contribution in [2.45, 2.75) is 19.9 Å². The molecule has 2 aromatic carbocycles. The van der Waals surface area contributed by atoms with E-state index in [0.29, 0.717) is 16.3 Å². The summed E-state index contributed by atoms with van der Waals surface area (Å²) < 4.78 is 26.7. The quantitative estimate of drug-likeness (QED) is 0.803. The van der Waals surface area contributed by atoms with Crippen LogP contribution in [0.3, 0.4) is 0 Å². The number of sulfonamides is 1. The van der Waals surface area contributed by atoms with Gasteiger partial charge in [-0.25, -0.2) is 8.42 Å². The third kappa shape index (κ3) is 3.90. The van der Waals surface area contributed by atoms with Crippen LogP contribution in [0.2, 0.25) is 5.02 Å². The van der Waals surface area contributed by atoms with E-state index >= 15 is 0 Å². The van der Waals surface area contributed by atoms with Crippen LogP contribution in [0.5, 0.6) is 0 Å². The molecule has 0 N–H and O–H groups in total. The molecule has 0 unspecified atom stereocenters. The van der Waals surface area contributed by atoms with Gasteiger partial charge in [-0.2, -0.15) is 0 Å². The van der Waals surface area contributed by atoms with Crippen LogP contribution in [0.1, 0.15) is 19.4 Å². The Kier molecular flexibility index (Phi) is 5.27. The molecule has 0 saturated carbocycles. The maximum absolute atomic E-state index is 12.7. The molecule has 0 aliphatic carbocycles. The predicted octanol–water partition coefficient (Wildman–Crippen LogP) is 4.56. The smallest absolute Gasteiger partial charge is 0.257 e. The van der Waals surface area contributed by atoms with Gasteiger partial charge in [-0.15, -0.1) is 0 Å². The minimum atomic E-state index is -3.60. The number of halogens is 1. The van der Waals surface area contributed by atoms with Crippen molar-refractivity contribution in [3.63, 3.8) is 0 Å². The largest absolute Gasteiger partial charge is 0.264 e. The summed E-state index contributed by atoms with van der Waals surface area (Å²) in [7, 11) is -3.60. The second kappa shape index (κ2) is 6.99. The van der Waals surface area contributed by atoms with Crippen molar-refractivity contribution in [3.8, 4) is 0 Å². The molecule has 3 nitrogen and oxygen atoms in total. The van der Waals surface area contributed by atoms with E-state index in [-0.39, 0.29) is 6.04 Å².